The Hall–Kier alpha value is -3.47. The number of sulfonamides is 1. The highest BCUT2D eigenvalue weighted by Gasteiger charge is 2.34. The number of nitrogens with one attached hydrogen (secondary N) is 1. The number of benzene rings is 3. The van der Waals surface area contributed by atoms with E-state index in [1.54, 1.807) is 55.5 Å². The van der Waals surface area contributed by atoms with E-state index in [0.29, 0.717) is 40.3 Å². The van der Waals surface area contributed by atoms with E-state index in [4.69, 9.17) is 32.7 Å². The standard InChI is InChI=1S/C28H29Cl2N3O6S/c1-3-24(28(35)31-2)32(17-19-9-10-20(29)15-23(19)30)27(34)18-33(40(36,37)22-7-5-4-6-8-22)21-11-12-25-26(16-21)39-14-13-38-25/h4-12,15-16,24H,3,13-14,17-18H2,1-2H3,(H,31,35). The van der Waals surface area contributed by atoms with Gasteiger partial charge in [-0.25, -0.2) is 8.42 Å². The number of carbonyl (C=O) groups excluding carboxylic acids is 2. The molecule has 2 amide bonds. The summed E-state index contributed by atoms with van der Waals surface area (Å²) in [6.07, 6.45) is 0.284. The number of nitrogens with zero attached hydrogens (tertiary/aromatic N) is 2. The molecule has 212 valence electrons. The lowest BCUT2D eigenvalue weighted by Crippen LogP contribution is -2.51. The summed E-state index contributed by atoms with van der Waals surface area (Å²) >= 11 is 12.5. The molecule has 1 N–H and O–H groups in total. The van der Waals surface area contributed by atoms with Gasteiger partial charge in [-0.15, -0.1) is 0 Å². The molecule has 0 saturated carbocycles. The van der Waals surface area contributed by atoms with E-state index in [0.717, 1.165) is 4.31 Å². The fourth-order valence-corrected chi connectivity index (χ4v) is 6.25. The fraction of sp³-hybridized carbons (Fsp3) is 0.286. The van der Waals surface area contributed by atoms with Crippen LogP contribution in [0.5, 0.6) is 11.5 Å². The lowest BCUT2D eigenvalue weighted by Gasteiger charge is -2.33. The number of anilines is 1. The van der Waals surface area contributed by atoms with Gasteiger partial charge < -0.3 is 19.7 Å². The summed E-state index contributed by atoms with van der Waals surface area (Å²) in [5, 5.41) is 3.32. The van der Waals surface area contributed by atoms with E-state index < -0.39 is 34.4 Å². The fourth-order valence-electron chi connectivity index (χ4n) is 4.36. The Labute approximate surface area is 243 Å². The second kappa shape index (κ2) is 12.8. The minimum Gasteiger partial charge on any atom is -0.486 e. The topological polar surface area (TPSA) is 105 Å². The number of carbonyl (C=O) groups is 2. The summed E-state index contributed by atoms with van der Waals surface area (Å²) in [6.45, 7) is 1.82. The predicted molar refractivity (Wildman–Crippen MR) is 154 cm³/mol. The van der Waals surface area contributed by atoms with Crippen molar-refractivity contribution in [3.8, 4) is 11.5 Å². The average molecular weight is 607 g/mol. The lowest BCUT2D eigenvalue weighted by molar-refractivity contribution is -0.140. The molecule has 12 heteroatoms. The normalized spacial score (nSPS) is 13.3. The van der Waals surface area contributed by atoms with Gasteiger partial charge in [0.25, 0.3) is 10.0 Å². The van der Waals surface area contributed by atoms with Crippen LogP contribution in [0.1, 0.15) is 18.9 Å². The van der Waals surface area contributed by atoms with Crippen molar-refractivity contribution in [2.24, 2.45) is 0 Å². The van der Waals surface area contributed by atoms with Gasteiger partial charge in [0.05, 0.1) is 10.6 Å². The molecule has 1 aliphatic rings. The molecule has 0 radical (unpaired) electrons. The number of fused-ring (bicyclic) bond motifs is 1. The van der Waals surface area contributed by atoms with Crippen molar-refractivity contribution < 1.29 is 27.5 Å². The third kappa shape index (κ3) is 6.46. The molecule has 4 rings (SSSR count). The average Bonchev–Trinajstić information content (AvgIpc) is 2.96. The molecule has 9 nitrogen and oxygen atoms in total. The molecule has 3 aromatic carbocycles. The Morgan fingerprint density at radius 2 is 1.68 bits per heavy atom. The zero-order valence-electron chi connectivity index (χ0n) is 22.0. The van der Waals surface area contributed by atoms with Gasteiger partial charge in [-0.2, -0.15) is 0 Å². The van der Waals surface area contributed by atoms with Gasteiger partial charge in [0.2, 0.25) is 11.8 Å². The molecule has 0 spiro atoms. The van der Waals surface area contributed by atoms with Crippen molar-refractivity contribution in [1.82, 2.24) is 10.2 Å². The zero-order valence-corrected chi connectivity index (χ0v) is 24.3. The van der Waals surface area contributed by atoms with Crippen molar-refractivity contribution in [2.45, 2.75) is 30.8 Å². The van der Waals surface area contributed by atoms with Crippen LogP contribution in [0.3, 0.4) is 0 Å². The SMILES string of the molecule is CCC(C(=O)NC)N(Cc1ccc(Cl)cc1Cl)C(=O)CN(c1ccc2c(c1)OCCO2)S(=O)(=O)c1ccccc1. The Morgan fingerprint density at radius 1 is 0.975 bits per heavy atom. The molecule has 0 bridgehead atoms. The molecule has 0 aromatic heterocycles. The number of amides is 2. The summed E-state index contributed by atoms with van der Waals surface area (Å²) < 4.78 is 40.1. The van der Waals surface area contributed by atoms with Crippen molar-refractivity contribution in [3.05, 3.63) is 82.3 Å². The van der Waals surface area contributed by atoms with E-state index in [9.17, 15) is 18.0 Å². The van der Waals surface area contributed by atoms with Gasteiger partial charge in [-0.05, 0) is 48.4 Å². The molecule has 1 heterocycles. The molecular formula is C28H29Cl2N3O6S. The van der Waals surface area contributed by atoms with Crippen LogP contribution < -0.4 is 19.1 Å². The van der Waals surface area contributed by atoms with Crippen molar-refractivity contribution >= 4 is 50.7 Å². The third-order valence-corrected chi connectivity index (χ3v) is 8.79. The number of hydrogen-bond donors (Lipinski definition) is 1. The first kappa shape index (κ1) is 29.5. The van der Waals surface area contributed by atoms with Crippen molar-refractivity contribution in [2.75, 3.05) is 31.1 Å². The molecule has 40 heavy (non-hydrogen) atoms. The highest BCUT2D eigenvalue weighted by molar-refractivity contribution is 7.92. The number of likely N-dealkylation sites (N-methyl/N-ethyl adjacent to an activating group) is 1. The van der Waals surface area contributed by atoms with E-state index in [1.807, 2.05) is 0 Å². The van der Waals surface area contributed by atoms with E-state index in [1.165, 1.54) is 30.1 Å². The Kier molecular flexibility index (Phi) is 9.44. The predicted octanol–water partition coefficient (Wildman–Crippen LogP) is 4.51. The molecule has 1 aliphatic heterocycles. The molecule has 3 aromatic rings. The Bertz CT molecular complexity index is 1490. The van der Waals surface area contributed by atoms with Gasteiger partial charge in [-0.3, -0.25) is 13.9 Å². The molecule has 0 fully saturated rings. The van der Waals surface area contributed by atoms with Crippen LogP contribution in [-0.2, 0) is 26.2 Å². The number of halogens is 2. The van der Waals surface area contributed by atoms with Gasteiger partial charge in [0.1, 0.15) is 25.8 Å². The summed E-state index contributed by atoms with van der Waals surface area (Å²) in [7, 11) is -2.73. The minimum atomic E-state index is -4.21. The first-order valence-electron chi connectivity index (χ1n) is 12.6. The Balaban J connectivity index is 1.77. The summed E-state index contributed by atoms with van der Waals surface area (Å²) in [5.74, 6) is -0.150. The first-order chi connectivity index (χ1) is 19.1. The van der Waals surface area contributed by atoms with Crippen LogP contribution in [0.15, 0.2) is 71.6 Å². The third-order valence-electron chi connectivity index (χ3n) is 6.41. The van der Waals surface area contributed by atoms with Crippen LogP contribution in [0, 0.1) is 0 Å². The van der Waals surface area contributed by atoms with Crippen LogP contribution >= 0.6 is 23.2 Å². The number of ether oxygens (including phenoxy) is 2. The van der Waals surface area contributed by atoms with E-state index >= 15 is 0 Å². The molecule has 0 saturated heterocycles. The van der Waals surface area contributed by atoms with Gasteiger partial charge >= 0.3 is 0 Å². The second-order valence-electron chi connectivity index (χ2n) is 8.95. The molecule has 0 aliphatic carbocycles. The van der Waals surface area contributed by atoms with E-state index in [-0.39, 0.29) is 23.5 Å². The first-order valence-corrected chi connectivity index (χ1v) is 14.8. The van der Waals surface area contributed by atoms with Gasteiger partial charge in [0.15, 0.2) is 11.5 Å². The second-order valence-corrected chi connectivity index (χ2v) is 11.7. The molecule has 1 atom stereocenters. The van der Waals surface area contributed by atoms with Crippen LogP contribution in [0.4, 0.5) is 5.69 Å². The molecular weight excluding hydrogens is 577 g/mol. The minimum absolute atomic E-state index is 0.00308. The van der Waals surface area contributed by atoms with Gasteiger partial charge in [0, 0.05) is 29.7 Å². The van der Waals surface area contributed by atoms with Gasteiger partial charge in [-0.1, -0.05) is 54.4 Å². The largest absolute Gasteiger partial charge is 0.486 e. The lowest BCUT2D eigenvalue weighted by atomic mass is 10.1. The smallest absolute Gasteiger partial charge is 0.264 e. The molecule has 1 unspecified atom stereocenters. The quantitative estimate of drug-likeness (QED) is 0.364. The van der Waals surface area contributed by atoms with Crippen LogP contribution in [-0.4, -0.2) is 58.0 Å². The highest BCUT2D eigenvalue weighted by atomic mass is 35.5. The zero-order chi connectivity index (χ0) is 28.9. The van der Waals surface area contributed by atoms with Crippen LogP contribution in [0.2, 0.25) is 10.0 Å². The number of hydrogen-bond acceptors (Lipinski definition) is 6. The van der Waals surface area contributed by atoms with E-state index in [2.05, 4.69) is 5.32 Å². The summed E-state index contributed by atoms with van der Waals surface area (Å²) in [4.78, 5) is 28.2. The monoisotopic (exact) mass is 605 g/mol. The maximum atomic E-state index is 14.0. The number of rotatable bonds is 10. The van der Waals surface area contributed by atoms with Crippen molar-refractivity contribution in [3.63, 3.8) is 0 Å². The Morgan fingerprint density at radius 3 is 2.33 bits per heavy atom. The summed E-state index contributed by atoms with van der Waals surface area (Å²) in [6, 6.07) is 16.5. The maximum Gasteiger partial charge on any atom is 0.264 e. The maximum absolute atomic E-state index is 14.0. The highest BCUT2D eigenvalue weighted by Crippen LogP contribution is 2.36. The van der Waals surface area contributed by atoms with Crippen molar-refractivity contribution in [1.29, 1.82) is 0 Å². The summed E-state index contributed by atoms with van der Waals surface area (Å²) in [5.41, 5.74) is 0.762. The van der Waals surface area contributed by atoms with Crippen LogP contribution in [0.25, 0.3) is 0 Å².